The Bertz CT molecular complexity index is 417. The predicted molar refractivity (Wildman–Crippen MR) is 70.1 cm³/mol. The summed E-state index contributed by atoms with van der Waals surface area (Å²) in [6.45, 7) is 9.00. The molecule has 0 aliphatic carbocycles. The minimum Gasteiger partial charge on any atom is -0.485 e. The van der Waals surface area contributed by atoms with E-state index < -0.39 is 0 Å². The van der Waals surface area contributed by atoms with E-state index in [9.17, 15) is 0 Å². The quantitative estimate of drug-likeness (QED) is 0.860. The molecule has 0 saturated carbocycles. The summed E-state index contributed by atoms with van der Waals surface area (Å²) in [7, 11) is 0. The Labute approximate surface area is 105 Å². The summed E-state index contributed by atoms with van der Waals surface area (Å²) in [6.07, 6.45) is 0.907. The molecule has 1 aliphatic heterocycles. The average Bonchev–Trinajstić information content (AvgIpc) is 2.63. The normalized spacial score (nSPS) is 23.1. The molecule has 0 bridgehead atoms. The lowest BCUT2D eigenvalue weighted by molar-refractivity contribution is 0.125. The van der Waals surface area contributed by atoms with E-state index in [-0.39, 0.29) is 5.60 Å². The lowest BCUT2D eigenvalue weighted by Crippen LogP contribution is -2.39. The Morgan fingerprint density at radius 1 is 1.25 bits per heavy atom. The van der Waals surface area contributed by atoms with Crippen LogP contribution >= 0.6 is 15.9 Å². The van der Waals surface area contributed by atoms with E-state index in [1.165, 1.54) is 26.7 Å². The molecule has 2 N–H and O–H groups in total. The highest BCUT2D eigenvalue weighted by atomic mass is 79.9. The second kappa shape index (κ2) is 3.74. The van der Waals surface area contributed by atoms with Gasteiger partial charge >= 0.3 is 0 Å². The fourth-order valence-corrected chi connectivity index (χ4v) is 2.80. The molecule has 1 aliphatic rings. The van der Waals surface area contributed by atoms with Crippen molar-refractivity contribution in [3.63, 3.8) is 0 Å². The number of hydrogen-bond acceptors (Lipinski definition) is 2. The minimum absolute atomic E-state index is 0.231. The van der Waals surface area contributed by atoms with E-state index in [0.717, 1.165) is 12.2 Å². The molecule has 1 aromatic rings. The van der Waals surface area contributed by atoms with Crippen molar-refractivity contribution in [2.24, 2.45) is 5.73 Å². The Kier molecular flexibility index (Phi) is 2.79. The SMILES string of the molecule is Cc1c(C)c2c(c(C)c1Br)CC(C)(CN)O2. The van der Waals surface area contributed by atoms with Gasteiger partial charge in [-0.15, -0.1) is 0 Å². The van der Waals surface area contributed by atoms with Crippen LogP contribution < -0.4 is 10.5 Å². The summed E-state index contributed by atoms with van der Waals surface area (Å²) in [4.78, 5) is 0. The Balaban J connectivity index is 2.62. The van der Waals surface area contributed by atoms with Gasteiger partial charge in [0.15, 0.2) is 0 Å². The number of rotatable bonds is 1. The van der Waals surface area contributed by atoms with Gasteiger partial charge in [0.2, 0.25) is 0 Å². The molecule has 1 aromatic carbocycles. The van der Waals surface area contributed by atoms with Crippen LogP contribution in [0.5, 0.6) is 5.75 Å². The lowest BCUT2D eigenvalue weighted by Gasteiger charge is -2.21. The summed E-state index contributed by atoms with van der Waals surface area (Å²) < 4.78 is 7.25. The van der Waals surface area contributed by atoms with Gasteiger partial charge in [0, 0.05) is 23.0 Å². The zero-order valence-corrected chi connectivity index (χ0v) is 11.9. The van der Waals surface area contributed by atoms with Crippen LogP contribution in [-0.4, -0.2) is 12.1 Å². The number of hydrogen-bond donors (Lipinski definition) is 1. The van der Waals surface area contributed by atoms with Crippen LogP contribution in [0.4, 0.5) is 0 Å². The first-order valence-corrected chi connectivity index (χ1v) is 6.36. The Morgan fingerprint density at radius 3 is 2.44 bits per heavy atom. The summed E-state index contributed by atoms with van der Waals surface area (Å²) >= 11 is 3.66. The molecule has 0 fully saturated rings. The van der Waals surface area contributed by atoms with Crippen molar-refractivity contribution >= 4 is 15.9 Å². The molecule has 0 saturated heterocycles. The molecule has 1 unspecified atom stereocenters. The number of halogens is 1. The van der Waals surface area contributed by atoms with Gasteiger partial charge in [-0.3, -0.25) is 0 Å². The predicted octanol–water partition coefficient (Wildman–Crippen LogP) is 3.03. The van der Waals surface area contributed by atoms with Crippen molar-refractivity contribution in [3.05, 3.63) is 26.7 Å². The van der Waals surface area contributed by atoms with Crippen LogP contribution in [-0.2, 0) is 6.42 Å². The van der Waals surface area contributed by atoms with E-state index in [2.05, 4.69) is 43.6 Å². The smallest absolute Gasteiger partial charge is 0.127 e. The van der Waals surface area contributed by atoms with E-state index in [1.54, 1.807) is 0 Å². The monoisotopic (exact) mass is 283 g/mol. The third kappa shape index (κ3) is 1.57. The number of nitrogens with two attached hydrogens (primary N) is 1. The highest BCUT2D eigenvalue weighted by Crippen LogP contribution is 2.43. The van der Waals surface area contributed by atoms with E-state index >= 15 is 0 Å². The van der Waals surface area contributed by atoms with Gasteiger partial charge in [-0.05, 0) is 44.4 Å². The second-order valence-electron chi connectivity index (χ2n) is 4.93. The molecular formula is C13H18BrNO. The van der Waals surface area contributed by atoms with Gasteiger partial charge in [0.25, 0.3) is 0 Å². The Morgan fingerprint density at radius 2 is 1.88 bits per heavy atom. The molecule has 88 valence electrons. The molecule has 1 heterocycles. The average molecular weight is 284 g/mol. The highest BCUT2D eigenvalue weighted by molar-refractivity contribution is 9.10. The highest BCUT2D eigenvalue weighted by Gasteiger charge is 2.36. The van der Waals surface area contributed by atoms with Crippen LogP contribution in [0.1, 0.15) is 29.2 Å². The standard InChI is InChI=1S/C13H18BrNO/c1-7-8(2)12-10(9(3)11(7)14)5-13(4,6-15)16-12/h5-6,15H2,1-4H3. The third-order valence-corrected chi connectivity index (χ3v) is 4.81. The van der Waals surface area contributed by atoms with Crippen LogP contribution in [0.3, 0.4) is 0 Å². The number of ether oxygens (including phenoxy) is 1. The summed E-state index contributed by atoms with van der Waals surface area (Å²) in [5.74, 6) is 1.05. The first kappa shape index (κ1) is 11.9. The van der Waals surface area contributed by atoms with Crippen LogP contribution in [0.2, 0.25) is 0 Å². The van der Waals surface area contributed by atoms with Gasteiger partial charge in [0.1, 0.15) is 11.4 Å². The first-order valence-electron chi connectivity index (χ1n) is 5.57. The fraction of sp³-hybridized carbons (Fsp3) is 0.538. The van der Waals surface area contributed by atoms with E-state index in [0.29, 0.717) is 6.54 Å². The molecular weight excluding hydrogens is 266 g/mol. The first-order chi connectivity index (χ1) is 7.39. The van der Waals surface area contributed by atoms with Gasteiger partial charge < -0.3 is 10.5 Å². The van der Waals surface area contributed by atoms with Gasteiger partial charge in [-0.25, -0.2) is 0 Å². The topological polar surface area (TPSA) is 35.2 Å². The van der Waals surface area contributed by atoms with Crippen molar-refractivity contribution in [1.82, 2.24) is 0 Å². The van der Waals surface area contributed by atoms with Crippen molar-refractivity contribution in [2.45, 2.75) is 39.7 Å². The molecule has 0 aromatic heterocycles. The van der Waals surface area contributed by atoms with E-state index in [4.69, 9.17) is 10.5 Å². The van der Waals surface area contributed by atoms with Crippen LogP contribution in [0, 0.1) is 20.8 Å². The van der Waals surface area contributed by atoms with Crippen molar-refractivity contribution in [3.8, 4) is 5.75 Å². The van der Waals surface area contributed by atoms with Crippen molar-refractivity contribution in [1.29, 1.82) is 0 Å². The molecule has 1 atom stereocenters. The van der Waals surface area contributed by atoms with E-state index in [1.807, 2.05) is 0 Å². The molecule has 3 heteroatoms. The Hall–Kier alpha value is -0.540. The van der Waals surface area contributed by atoms with Crippen LogP contribution in [0.15, 0.2) is 4.47 Å². The zero-order chi connectivity index (χ0) is 12.1. The number of fused-ring (bicyclic) bond motifs is 1. The third-order valence-electron chi connectivity index (χ3n) is 3.62. The van der Waals surface area contributed by atoms with Crippen molar-refractivity contribution < 1.29 is 4.74 Å². The van der Waals surface area contributed by atoms with Gasteiger partial charge in [-0.1, -0.05) is 15.9 Å². The zero-order valence-electron chi connectivity index (χ0n) is 10.3. The van der Waals surface area contributed by atoms with Gasteiger partial charge in [0.05, 0.1) is 0 Å². The lowest BCUT2D eigenvalue weighted by atomic mass is 9.93. The molecule has 0 amide bonds. The van der Waals surface area contributed by atoms with Gasteiger partial charge in [-0.2, -0.15) is 0 Å². The van der Waals surface area contributed by atoms with Crippen molar-refractivity contribution in [2.75, 3.05) is 6.54 Å². The molecule has 2 nitrogen and oxygen atoms in total. The maximum Gasteiger partial charge on any atom is 0.127 e. The summed E-state index contributed by atoms with van der Waals surface area (Å²) in [6, 6.07) is 0. The minimum atomic E-state index is -0.231. The maximum absolute atomic E-state index is 6.05. The van der Waals surface area contributed by atoms with Crippen LogP contribution in [0.25, 0.3) is 0 Å². The maximum atomic E-state index is 6.05. The summed E-state index contributed by atoms with van der Waals surface area (Å²) in [5, 5.41) is 0. The second-order valence-corrected chi connectivity index (χ2v) is 5.72. The molecule has 0 radical (unpaired) electrons. The number of benzene rings is 1. The summed E-state index contributed by atoms with van der Waals surface area (Å²) in [5.41, 5.74) is 10.6. The molecule has 0 spiro atoms. The fourth-order valence-electron chi connectivity index (χ4n) is 2.27. The molecule has 2 rings (SSSR count). The largest absolute Gasteiger partial charge is 0.485 e. The molecule has 16 heavy (non-hydrogen) atoms.